The summed E-state index contributed by atoms with van der Waals surface area (Å²) < 4.78 is 5.89. The number of fused-ring (bicyclic) bond motifs is 1. The van der Waals surface area contributed by atoms with E-state index in [1.807, 2.05) is 36.4 Å². The molecule has 2 aliphatic rings. The van der Waals surface area contributed by atoms with Gasteiger partial charge in [0.25, 0.3) is 0 Å². The Morgan fingerprint density at radius 2 is 1.81 bits per heavy atom. The van der Waals surface area contributed by atoms with Gasteiger partial charge in [0.15, 0.2) is 5.78 Å². The molecule has 1 aromatic rings. The summed E-state index contributed by atoms with van der Waals surface area (Å²) in [7, 11) is 1.71. The van der Waals surface area contributed by atoms with Crippen molar-refractivity contribution in [2.75, 3.05) is 7.11 Å². The Hall–Kier alpha value is -1.93. The van der Waals surface area contributed by atoms with Crippen LogP contribution in [0.1, 0.15) is 28.8 Å². The third kappa shape index (κ3) is 2.02. The van der Waals surface area contributed by atoms with Crippen molar-refractivity contribution in [3.63, 3.8) is 0 Å². The second-order valence-electron chi connectivity index (χ2n) is 5.86. The van der Waals surface area contributed by atoms with Crippen LogP contribution >= 0.6 is 0 Å². The third-order valence-corrected chi connectivity index (χ3v) is 4.95. The first kappa shape index (κ1) is 14.0. The Bertz CT molecular complexity index is 631. The van der Waals surface area contributed by atoms with Crippen LogP contribution in [0.25, 0.3) is 0 Å². The Labute approximate surface area is 125 Å². The summed E-state index contributed by atoms with van der Waals surface area (Å²) in [5, 5.41) is 0. The van der Waals surface area contributed by atoms with Gasteiger partial charge in [-0.3, -0.25) is 4.79 Å². The van der Waals surface area contributed by atoms with E-state index in [9.17, 15) is 4.79 Å². The zero-order chi connectivity index (χ0) is 15.0. The molecule has 0 radical (unpaired) electrons. The van der Waals surface area contributed by atoms with Gasteiger partial charge >= 0.3 is 0 Å². The maximum absolute atomic E-state index is 12.8. The lowest BCUT2D eigenvalue weighted by Crippen LogP contribution is -2.41. The lowest BCUT2D eigenvalue weighted by molar-refractivity contribution is -0.0381. The molecule has 1 atom stereocenters. The fraction of sp³-hybridized carbons (Fsp3) is 0.316. The van der Waals surface area contributed by atoms with E-state index in [1.165, 1.54) is 0 Å². The van der Waals surface area contributed by atoms with E-state index < -0.39 is 5.60 Å². The number of Topliss-reactive ketones (excluding diaryl/α,β-unsaturated/α-hetero) is 1. The average Bonchev–Trinajstić information content (AvgIpc) is 3.07. The number of carbonyl (C=O) groups is 1. The molecule has 21 heavy (non-hydrogen) atoms. The largest absolute Gasteiger partial charge is 0.377 e. The van der Waals surface area contributed by atoms with E-state index >= 15 is 0 Å². The molecule has 0 spiro atoms. The number of ether oxygens (including phenoxy) is 1. The summed E-state index contributed by atoms with van der Waals surface area (Å²) in [5.74, 6) is 0.0912. The maximum atomic E-state index is 12.8. The van der Waals surface area contributed by atoms with Crippen LogP contribution in [0.15, 0.2) is 60.7 Å². The Morgan fingerprint density at radius 3 is 2.33 bits per heavy atom. The maximum Gasteiger partial charge on any atom is 0.169 e. The van der Waals surface area contributed by atoms with Crippen LogP contribution in [0, 0.1) is 5.92 Å². The standard InChI is InChI=1S/C19H20O2/c1-4-13-11-19(21-3,12-14(13)5-2)17-10-15-8-6-7-9-16(15)18(17)20/h4-9,17H,1-2,10-12H2,3H3. The molecule has 0 aliphatic heterocycles. The number of rotatable bonds is 4. The monoisotopic (exact) mass is 280 g/mol. The van der Waals surface area contributed by atoms with Gasteiger partial charge in [0.05, 0.1) is 11.5 Å². The predicted molar refractivity (Wildman–Crippen MR) is 84.4 cm³/mol. The first-order valence-electron chi connectivity index (χ1n) is 7.29. The van der Waals surface area contributed by atoms with Gasteiger partial charge in [-0.1, -0.05) is 49.6 Å². The van der Waals surface area contributed by atoms with Crippen LogP contribution in [0.5, 0.6) is 0 Å². The van der Waals surface area contributed by atoms with E-state index in [0.29, 0.717) is 0 Å². The molecule has 0 bridgehead atoms. The van der Waals surface area contributed by atoms with E-state index in [1.54, 1.807) is 7.11 Å². The number of hydrogen-bond acceptors (Lipinski definition) is 2. The topological polar surface area (TPSA) is 26.3 Å². The first-order valence-corrected chi connectivity index (χ1v) is 7.29. The van der Waals surface area contributed by atoms with E-state index in [4.69, 9.17) is 4.74 Å². The van der Waals surface area contributed by atoms with Crippen LogP contribution in [0.4, 0.5) is 0 Å². The zero-order valence-corrected chi connectivity index (χ0v) is 12.4. The van der Waals surface area contributed by atoms with Gasteiger partial charge in [0.2, 0.25) is 0 Å². The highest BCUT2D eigenvalue weighted by Gasteiger charge is 2.50. The molecular weight excluding hydrogens is 260 g/mol. The molecule has 2 nitrogen and oxygen atoms in total. The quantitative estimate of drug-likeness (QED) is 0.836. The molecule has 0 fully saturated rings. The Morgan fingerprint density at radius 1 is 1.19 bits per heavy atom. The van der Waals surface area contributed by atoms with E-state index in [-0.39, 0.29) is 11.7 Å². The summed E-state index contributed by atoms with van der Waals surface area (Å²) in [6.07, 6.45) is 5.96. The molecule has 0 aromatic heterocycles. The van der Waals surface area contributed by atoms with Crippen LogP contribution in [-0.2, 0) is 11.2 Å². The smallest absolute Gasteiger partial charge is 0.169 e. The minimum atomic E-state index is -0.455. The molecule has 0 saturated heterocycles. The Balaban J connectivity index is 1.96. The molecule has 1 aromatic carbocycles. The molecule has 1 unspecified atom stereocenters. The molecule has 108 valence electrons. The predicted octanol–water partition coefficient (Wildman–Crippen LogP) is 3.89. The van der Waals surface area contributed by atoms with Crippen molar-refractivity contribution >= 4 is 5.78 Å². The number of hydrogen-bond donors (Lipinski definition) is 0. The molecular formula is C19H20O2. The van der Waals surface area contributed by atoms with Crippen LogP contribution in [0.2, 0.25) is 0 Å². The highest BCUT2D eigenvalue weighted by atomic mass is 16.5. The van der Waals surface area contributed by atoms with Gasteiger partial charge in [0.1, 0.15) is 0 Å². The highest BCUT2D eigenvalue weighted by molar-refractivity contribution is 6.03. The zero-order valence-electron chi connectivity index (χ0n) is 12.4. The van der Waals surface area contributed by atoms with Crippen molar-refractivity contribution in [1.29, 1.82) is 0 Å². The van der Waals surface area contributed by atoms with Crippen LogP contribution < -0.4 is 0 Å². The summed E-state index contributed by atoms with van der Waals surface area (Å²) in [4.78, 5) is 12.8. The number of carbonyl (C=O) groups excluding carboxylic acids is 1. The highest BCUT2D eigenvalue weighted by Crippen LogP contribution is 2.47. The minimum absolute atomic E-state index is 0.118. The fourth-order valence-electron chi connectivity index (χ4n) is 3.74. The summed E-state index contributed by atoms with van der Waals surface area (Å²) in [6.45, 7) is 7.76. The van der Waals surface area contributed by atoms with Crippen LogP contribution in [-0.4, -0.2) is 18.5 Å². The molecule has 0 amide bonds. The van der Waals surface area contributed by atoms with Gasteiger partial charge in [-0.2, -0.15) is 0 Å². The number of ketones is 1. The third-order valence-electron chi connectivity index (χ3n) is 4.95. The van der Waals surface area contributed by atoms with Crippen molar-refractivity contribution < 1.29 is 9.53 Å². The van der Waals surface area contributed by atoms with Crippen molar-refractivity contribution in [3.05, 3.63) is 71.8 Å². The average molecular weight is 280 g/mol. The Kier molecular flexibility index (Phi) is 3.42. The number of methoxy groups -OCH3 is 1. The van der Waals surface area contributed by atoms with Crippen molar-refractivity contribution in [2.24, 2.45) is 5.92 Å². The fourth-order valence-corrected chi connectivity index (χ4v) is 3.74. The first-order chi connectivity index (χ1) is 10.1. The second-order valence-corrected chi connectivity index (χ2v) is 5.86. The molecule has 2 aliphatic carbocycles. The minimum Gasteiger partial charge on any atom is -0.377 e. The van der Waals surface area contributed by atoms with Gasteiger partial charge in [-0.25, -0.2) is 0 Å². The van der Waals surface area contributed by atoms with Crippen molar-refractivity contribution in [3.8, 4) is 0 Å². The van der Waals surface area contributed by atoms with Crippen molar-refractivity contribution in [1.82, 2.24) is 0 Å². The molecule has 0 N–H and O–H groups in total. The molecule has 3 rings (SSSR count). The number of allylic oxidation sites excluding steroid dienone is 2. The van der Waals surface area contributed by atoms with Crippen LogP contribution in [0.3, 0.4) is 0 Å². The normalized spacial score (nSPS) is 23.3. The lowest BCUT2D eigenvalue weighted by Gasteiger charge is -2.33. The second kappa shape index (κ2) is 5.12. The molecule has 2 heteroatoms. The van der Waals surface area contributed by atoms with Gasteiger partial charge in [-0.15, -0.1) is 0 Å². The van der Waals surface area contributed by atoms with E-state index in [0.717, 1.165) is 41.5 Å². The molecule has 0 heterocycles. The number of benzene rings is 1. The summed E-state index contributed by atoms with van der Waals surface area (Å²) >= 11 is 0. The molecule has 0 saturated carbocycles. The SMILES string of the molecule is C=CC1=C(C=C)CC(OC)(C2Cc3ccccc3C2=O)C1. The van der Waals surface area contributed by atoms with Crippen molar-refractivity contribution in [2.45, 2.75) is 24.9 Å². The summed E-state index contributed by atoms with van der Waals surface area (Å²) in [6, 6.07) is 7.88. The summed E-state index contributed by atoms with van der Waals surface area (Å²) in [5.41, 5.74) is 3.83. The van der Waals surface area contributed by atoms with Gasteiger partial charge in [0, 0.05) is 25.5 Å². The van der Waals surface area contributed by atoms with Gasteiger partial charge < -0.3 is 4.74 Å². The van der Waals surface area contributed by atoms with E-state index in [2.05, 4.69) is 13.2 Å². The van der Waals surface area contributed by atoms with Gasteiger partial charge in [-0.05, 0) is 23.1 Å². The lowest BCUT2D eigenvalue weighted by atomic mass is 9.81.